The van der Waals surface area contributed by atoms with Crippen molar-refractivity contribution < 1.29 is 37.9 Å². The first-order valence-corrected chi connectivity index (χ1v) is 40.1. The van der Waals surface area contributed by atoms with Crippen molar-refractivity contribution in [2.75, 3.05) is 42.7 Å². The summed E-state index contributed by atoms with van der Waals surface area (Å²) in [6, 6.07) is 47.2. The van der Waals surface area contributed by atoms with E-state index in [1.165, 1.54) is 44.5 Å². The lowest BCUT2D eigenvalue weighted by Crippen LogP contribution is -2.17. The zero-order valence-electron chi connectivity index (χ0n) is 72.9. The second-order valence-corrected chi connectivity index (χ2v) is 40.0. The second kappa shape index (κ2) is 30.8. The van der Waals surface area contributed by atoms with E-state index in [1.807, 2.05) is 42.7 Å². The Morgan fingerprint density at radius 1 is 0.191 bits per heavy atom. The van der Waals surface area contributed by atoms with E-state index in [1.54, 1.807) is 0 Å². The van der Waals surface area contributed by atoms with Gasteiger partial charge in [-0.2, -0.15) is 0 Å². The Balaban J connectivity index is 1.31. The van der Waals surface area contributed by atoms with E-state index in [4.69, 9.17) is 37.9 Å². The van der Waals surface area contributed by atoms with Crippen molar-refractivity contribution in [2.45, 2.75) is 274 Å². The van der Waals surface area contributed by atoms with Crippen LogP contribution in [-0.2, 0) is 108 Å². The topological polar surface area (TPSA) is 73.8 Å². The molecule has 0 aliphatic carbocycles. The lowest BCUT2D eigenvalue weighted by atomic mass is 9.79. The van der Waals surface area contributed by atoms with Crippen LogP contribution in [-0.4, -0.2) is 42.7 Å². The van der Waals surface area contributed by atoms with Gasteiger partial charge in [0.05, 0.1) is 42.7 Å². The lowest BCUT2D eigenvalue weighted by Gasteiger charge is -2.28. The Bertz CT molecular complexity index is 4590. The van der Waals surface area contributed by atoms with Gasteiger partial charge in [0.15, 0.2) is 0 Å². The van der Waals surface area contributed by atoms with Crippen LogP contribution in [0, 0.1) is 0 Å². The van der Waals surface area contributed by atoms with E-state index in [2.05, 4.69) is 287 Å². The average molecular weight is 1480 g/mol. The van der Waals surface area contributed by atoms with Gasteiger partial charge < -0.3 is 37.9 Å². The molecule has 8 heteroatoms. The van der Waals surface area contributed by atoms with Crippen molar-refractivity contribution in [1.29, 1.82) is 0 Å². The van der Waals surface area contributed by atoms with Gasteiger partial charge >= 0.3 is 0 Å². The maximum atomic E-state index is 7.61. The van der Waals surface area contributed by atoms with Crippen molar-refractivity contribution in [3.05, 3.63) is 266 Å². The van der Waals surface area contributed by atoms with Gasteiger partial charge in [0.25, 0.3) is 0 Å². The van der Waals surface area contributed by atoms with Gasteiger partial charge in [0, 0.05) is 51.4 Å². The van der Waals surface area contributed by atoms with Gasteiger partial charge in [-0.15, -0.1) is 0 Å². The average Bonchev–Trinajstić information content (AvgIpc) is 0.840. The molecule has 586 valence electrons. The summed E-state index contributed by atoms with van der Waals surface area (Å²) in [6.45, 7) is 56.3. The molecule has 4 aliphatic rings. The molecule has 0 atom stereocenters. The molecular weight excluding hydrogens is 1350 g/mol. The minimum absolute atomic E-state index is 0.216. The third-order valence-corrected chi connectivity index (χ3v) is 22.9. The van der Waals surface area contributed by atoms with Gasteiger partial charge in [-0.05, 0) is 188 Å². The van der Waals surface area contributed by atoms with E-state index < -0.39 is 0 Å². The summed E-state index contributed by atoms with van der Waals surface area (Å²) in [5.41, 5.74) is 27.5. The minimum Gasteiger partial charge on any atom is -0.496 e. The Morgan fingerprint density at radius 3 is 0.427 bits per heavy atom. The van der Waals surface area contributed by atoms with Crippen LogP contribution in [0.1, 0.15) is 311 Å². The van der Waals surface area contributed by atoms with Gasteiger partial charge in [0.1, 0.15) is 59.2 Å². The summed E-state index contributed by atoms with van der Waals surface area (Å²) in [5, 5.41) is 0. The smallest absolute Gasteiger partial charge is 0.126 e. The van der Waals surface area contributed by atoms with Gasteiger partial charge in [0.2, 0.25) is 0 Å². The molecule has 9 aromatic carbocycles. The van der Waals surface area contributed by atoms with E-state index >= 15 is 0 Å². The Hall–Kier alpha value is -8.62. The highest BCUT2D eigenvalue weighted by atomic mass is 16.5. The molecule has 13 rings (SSSR count). The van der Waals surface area contributed by atoms with Gasteiger partial charge in [-0.1, -0.05) is 287 Å². The fourth-order valence-corrected chi connectivity index (χ4v) is 16.2. The predicted octanol–water partition coefficient (Wildman–Crippen LogP) is 24.6. The molecule has 0 unspecified atom stereocenters. The largest absolute Gasteiger partial charge is 0.496 e. The highest BCUT2D eigenvalue weighted by molar-refractivity contribution is 5.63. The first kappa shape index (κ1) is 82.3. The number of hydrogen-bond acceptors (Lipinski definition) is 8. The van der Waals surface area contributed by atoms with Crippen LogP contribution in [0.3, 0.4) is 0 Å². The zero-order chi connectivity index (χ0) is 80.5. The van der Waals surface area contributed by atoms with E-state index in [0.717, 1.165) is 146 Å². The van der Waals surface area contributed by atoms with Crippen LogP contribution in [0.4, 0.5) is 0 Å². The van der Waals surface area contributed by atoms with Crippen molar-refractivity contribution in [1.82, 2.24) is 0 Å². The number of hydrogen-bond donors (Lipinski definition) is 0. The minimum atomic E-state index is -0.245. The molecule has 4 aliphatic heterocycles. The molecule has 0 saturated carbocycles. The van der Waals surface area contributed by atoms with Crippen LogP contribution >= 0.6 is 0 Å². The lowest BCUT2D eigenvalue weighted by molar-refractivity contribution is 0.296. The maximum Gasteiger partial charge on any atom is 0.126 e. The first-order chi connectivity index (χ1) is 51.2. The van der Waals surface area contributed by atoms with Crippen molar-refractivity contribution in [3.63, 3.8) is 0 Å². The molecule has 16 bridgehead atoms. The Kier molecular flexibility index (Phi) is 23.1. The van der Waals surface area contributed by atoms with Gasteiger partial charge in [-0.25, -0.2) is 0 Å². The molecule has 9 aromatic rings. The third-order valence-electron chi connectivity index (χ3n) is 22.9. The first-order valence-electron chi connectivity index (χ1n) is 40.1. The van der Waals surface area contributed by atoms with Crippen molar-refractivity contribution in [3.8, 4) is 46.0 Å². The fourth-order valence-electron chi connectivity index (χ4n) is 16.2. The van der Waals surface area contributed by atoms with Crippen LogP contribution < -0.4 is 37.9 Å². The summed E-state index contributed by atoms with van der Waals surface area (Å²) in [6.07, 6.45) is 4.37. The van der Waals surface area contributed by atoms with E-state index in [9.17, 15) is 0 Å². The zero-order valence-corrected chi connectivity index (χ0v) is 72.9. The molecule has 0 radical (unpaired) electrons. The molecular formula is C102H130O8. The van der Waals surface area contributed by atoms with Crippen molar-refractivity contribution in [2.24, 2.45) is 0 Å². The molecule has 4 heterocycles. The van der Waals surface area contributed by atoms with Crippen LogP contribution in [0.5, 0.6) is 46.0 Å². The van der Waals surface area contributed by atoms with Crippen molar-refractivity contribution >= 4 is 0 Å². The molecule has 0 fully saturated rings. The number of rotatable bonds is 6. The fraction of sp³-hybridized carbons (Fsp3) is 0.471. The Morgan fingerprint density at radius 2 is 0.309 bits per heavy atom. The summed E-state index contributed by atoms with van der Waals surface area (Å²) >= 11 is 0. The second-order valence-electron chi connectivity index (χ2n) is 40.0. The quantitative estimate of drug-likeness (QED) is 0.163. The van der Waals surface area contributed by atoms with Gasteiger partial charge in [-0.3, -0.25) is 0 Å². The summed E-state index contributed by atoms with van der Waals surface area (Å²) in [7, 11) is 11.1. The van der Waals surface area contributed by atoms with Crippen LogP contribution in [0.25, 0.3) is 0 Å². The van der Waals surface area contributed by atoms with E-state index in [0.29, 0.717) is 64.6 Å². The monoisotopic (exact) mass is 1480 g/mol. The molecule has 0 aromatic heterocycles. The van der Waals surface area contributed by atoms with E-state index in [-0.39, 0.29) is 43.3 Å². The SMILES string of the molecule is COc1c2cc(C(C)(C)C)cc1Cc1cc(C(C)(C)C)cc(c1OC)Cc1cc(C(C)(C)C)cc3c1OCc1ccc(cc1)COc1c(cc(C(C)(C)C)cc1Cc1cc(C(C)(C)C)cc(c1OC)Cc1cc(C(C)(C)C)cc(c1OC)C3)Cc1cc(C(C)(C)C)cc(c1OC)Cc1cc(C(C)(C)C)cc(c1OC)C2. The van der Waals surface area contributed by atoms with Crippen LogP contribution in [0.2, 0.25) is 0 Å². The molecule has 0 amide bonds. The summed E-state index contributed by atoms with van der Waals surface area (Å²) in [5.74, 6) is 6.84. The van der Waals surface area contributed by atoms with Crippen LogP contribution in [0.15, 0.2) is 121 Å². The standard InChI is InChI=1S/C102H130O8/c1-95(2,3)79-43-63-35-64-44-80(96(4,5)6)46-66(88(64)104-26)37-68-48-82(98(10,11)12)52-72(90(68)106-28)40-76-56-86(102(22,23)24)58-78-42-74-54-84(100(16,17)18)50-70(92(74)108-30)38-69-49-83(99(13,14)15)53-73(91(69)107-29)41-77-57-85(101(19,20)21)55-75(93(77)109-59-61-31-33-62(34-32-61)60-110-94(76)78)39-71-51-81(97(7,8)9)47-67(89(71)105-27)36-65(45-79)87(63)103-25/h31-34,43-58H,35-42,59-60H2,1-30H3. The molecule has 8 nitrogen and oxygen atoms in total. The summed E-state index contributed by atoms with van der Waals surface area (Å²) < 4.78 is 56.4. The molecule has 110 heavy (non-hydrogen) atoms. The normalized spacial score (nSPS) is 14.2. The molecule has 0 spiro atoms. The highest BCUT2D eigenvalue weighted by Crippen LogP contribution is 2.48. The maximum absolute atomic E-state index is 7.61. The number of methoxy groups -OCH3 is 6. The summed E-state index contributed by atoms with van der Waals surface area (Å²) in [4.78, 5) is 0. The molecule has 0 N–H and O–H groups in total. The Labute approximate surface area is 662 Å². The number of ether oxygens (including phenoxy) is 8. The highest BCUT2D eigenvalue weighted by Gasteiger charge is 2.33. The third kappa shape index (κ3) is 18.0. The number of benzene rings is 9. The molecule has 0 saturated heterocycles. The predicted molar refractivity (Wildman–Crippen MR) is 458 cm³/mol.